The fourth-order valence-corrected chi connectivity index (χ4v) is 2.24. The largest absolute Gasteiger partial charge is 0.486 e. The molecule has 112 valence electrons. The van der Waals surface area contributed by atoms with Crippen LogP contribution in [0.5, 0.6) is 5.75 Å². The molecule has 2 rings (SSSR count). The molecule has 2 N–H and O–H groups in total. The minimum atomic E-state index is -0.302. The maximum atomic E-state index is 6.17. The van der Waals surface area contributed by atoms with E-state index < -0.39 is 0 Å². The molecule has 0 bridgehead atoms. The van der Waals surface area contributed by atoms with Gasteiger partial charge in [-0.1, -0.05) is 25.1 Å². The summed E-state index contributed by atoms with van der Waals surface area (Å²) in [5, 5.41) is 0. The van der Waals surface area contributed by atoms with E-state index in [1.807, 2.05) is 44.3 Å². The number of rotatable bonds is 6. The number of pyridine rings is 1. The molecule has 1 unspecified atom stereocenters. The van der Waals surface area contributed by atoms with Gasteiger partial charge in [0.05, 0.1) is 0 Å². The number of nitrogens with zero attached hydrogens (tertiary/aromatic N) is 1. The predicted octanol–water partition coefficient (Wildman–Crippen LogP) is 3.89. The van der Waals surface area contributed by atoms with Crippen molar-refractivity contribution in [3.8, 4) is 5.75 Å². The molecule has 0 saturated heterocycles. The van der Waals surface area contributed by atoms with E-state index >= 15 is 0 Å². The number of aryl methyl sites for hydroxylation is 1. The van der Waals surface area contributed by atoms with Crippen molar-refractivity contribution in [3.05, 3.63) is 59.9 Å². The van der Waals surface area contributed by atoms with Crippen molar-refractivity contribution < 1.29 is 4.74 Å². The van der Waals surface area contributed by atoms with E-state index in [-0.39, 0.29) is 11.6 Å². The summed E-state index contributed by atoms with van der Waals surface area (Å²) in [5.41, 5.74) is 8.23. The zero-order chi connectivity index (χ0) is 15.3. The second-order valence-corrected chi connectivity index (χ2v) is 6.08. The van der Waals surface area contributed by atoms with E-state index in [4.69, 9.17) is 10.5 Å². The van der Waals surface area contributed by atoms with Crippen LogP contribution in [-0.2, 0) is 6.42 Å². The highest BCUT2D eigenvalue weighted by Crippen LogP contribution is 2.28. The van der Waals surface area contributed by atoms with Crippen LogP contribution in [0.4, 0.5) is 0 Å². The second-order valence-electron chi connectivity index (χ2n) is 6.08. The number of nitrogens with two attached hydrogens (primary N) is 1. The van der Waals surface area contributed by atoms with Gasteiger partial charge in [0.15, 0.2) is 0 Å². The lowest BCUT2D eigenvalue weighted by Crippen LogP contribution is -2.35. The van der Waals surface area contributed by atoms with Crippen LogP contribution >= 0.6 is 0 Å². The van der Waals surface area contributed by atoms with Gasteiger partial charge >= 0.3 is 0 Å². The van der Waals surface area contributed by atoms with Crippen LogP contribution in [0.25, 0.3) is 0 Å². The van der Waals surface area contributed by atoms with Crippen molar-refractivity contribution in [3.63, 3.8) is 0 Å². The Labute approximate surface area is 127 Å². The highest BCUT2D eigenvalue weighted by Gasteiger charge is 2.22. The van der Waals surface area contributed by atoms with E-state index in [0.29, 0.717) is 0 Å². The fourth-order valence-electron chi connectivity index (χ4n) is 2.24. The predicted molar refractivity (Wildman–Crippen MR) is 86.3 cm³/mol. The second kappa shape index (κ2) is 6.72. The Bertz CT molecular complexity index is 544. The van der Waals surface area contributed by atoms with Gasteiger partial charge in [-0.2, -0.15) is 0 Å². The normalized spacial score (nSPS) is 13.0. The number of hydrogen-bond donors (Lipinski definition) is 1. The van der Waals surface area contributed by atoms with Crippen LogP contribution in [0.3, 0.4) is 0 Å². The van der Waals surface area contributed by atoms with Gasteiger partial charge in [0.2, 0.25) is 0 Å². The van der Waals surface area contributed by atoms with Crippen LogP contribution < -0.4 is 10.5 Å². The van der Waals surface area contributed by atoms with Crippen molar-refractivity contribution in [1.29, 1.82) is 0 Å². The van der Waals surface area contributed by atoms with Gasteiger partial charge < -0.3 is 10.5 Å². The lowest BCUT2D eigenvalue weighted by Gasteiger charge is -2.27. The monoisotopic (exact) mass is 284 g/mol. The van der Waals surface area contributed by atoms with Gasteiger partial charge in [-0.3, -0.25) is 4.98 Å². The first-order valence-electron chi connectivity index (χ1n) is 7.42. The Morgan fingerprint density at radius 3 is 2.43 bits per heavy atom. The zero-order valence-corrected chi connectivity index (χ0v) is 13.0. The van der Waals surface area contributed by atoms with Gasteiger partial charge in [-0.05, 0) is 44.0 Å². The Balaban J connectivity index is 2.19. The maximum absolute atomic E-state index is 6.17. The molecule has 0 fully saturated rings. The number of hydrogen-bond acceptors (Lipinski definition) is 3. The molecule has 2 aromatic rings. The summed E-state index contributed by atoms with van der Waals surface area (Å²) in [6.07, 6.45) is 5.28. The Kier molecular flexibility index (Phi) is 4.97. The quantitative estimate of drug-likeness (QED) is 0.875. The van der Waals surface area contributed by atoms with Gasteiger partial charge in [0, 0.05) is 29.9 Å². The van der Waals surface area contributed by atoms with Crippen molar-refractivity contribution >= 4 is 0 Å². The molecule has 0 radical (unpaired) electrons. The highest BCUT2D eigenvalue weighted by atomic mass is 16.5. The first-order valence-corrected chi connectivity index (χ1v) is 7.42. The van der Waals surface area contributed by atoms with Crippen LogP contribution in [0, 0.1) is 0 Å². The van der Waals surface area contributed by atoms with Gasteiger partial charge in [0.1, 0.15) is 11.9 Å². The molecule has 0 amide bonds. The third kappa shape index (κ3) is 4.87. The summed E-state index contributed by atoms with van der Waals surface area (Å²) in [6.45, 7) is 6.17. The van der Waals surface area contributed by atoms with Gasteiger partial charge in [-0.25, -0.2) is 0 Å². The third-order valence-electron chi connectivity index (χ3n) is 3.38. The third-order valence-corrected chi connectivity index (χ3v) is 3.38. The van der Waals surface area contributed by atoms with E-state index in [2.05, 4.69) is 24.0 Å². The van der Waals surface area contributed by atoms with Crippen molar-refractivity contribution in [2.75, 3.05) is 0 Å². The topological polar surface area (TPSA) is 48.1 Å². The molecule has 0 spiro atoms. The van der Waals surface area contributed by atoms with Crippen LogP contribution in [0.15, 0.2) is 48.8 Å². The van der Waals surface area contributed by atoms with E-state index in [0.717, 1.165) is 24.2 Å². The summed E-state index contributed by atoms with van der Waals surface area (Å²) in [6, 6.07) is 12.2. The van der Waals surface area contributed by atoms with Crippen LogP contribution in [0.2, 0.25) is 0 Å². The van der Waals surface area contributed by atoms with Crippen molar-refractivity contribution in [2.24, 2.45) is 5.73 Å². The van der Waals surface area contributed by atoms with Crippen molar-refractivity contribution in [1.82, 2.24) is 4.98 Å². The van der Waals surface area contributed by atoms with E-state index in [1.54, 1.807) is 6.20 Å². The summed E-state index contributed by atoms with van der Waals surface area (Å²) < 4.78 is 6.16. The molecule has 1 atom stereocenters. The molecule has 3 heteroatoms. The summed E-state index contributed by atoms with van der Waals surface area (Å²) in [4.78, 5) is 4.18. The fraction of sp³-hybridized carbons (Fsp3) is 0.389. The molecule has 0 aliphatic rings. The minimum Gasteiger partial charge on any atom is -0.486 e. The minimum absolute atomic E-state index is 0.0915. The molecular formula is C18H24N2O. The standard InChI is InChI=1S/C18H24N2O/c1-4-14-7-9-16(10-8-14)21-17(12-18(2,3)19)15-6-5-11-20-13-15/h5-11,13,17H,4,12,19H2,1-3H3. The molecule has 21 heavy (non-hydrogen) atoms. The smallest absolute Gasteiger partial charge is 0.127 e. The molecule has 3 nitrogen and oxygen atoms in total. The lowest BCUT2D eigenvalue weighted by atomic mass is 9.94. The molecule has 0 saturated carbocycles. The Morgan fingerprint density at radius 2 is 1.90 bits per heavy atom. The lowest BCUT2D eigenvalue weighted by molar-refractivity contribution is 0.167. The highest BCUT2D eigenvalue weighted by molar-refractivity contribution is 5.28. The Hall–Kier alpha value is -1.87. The van der Waals surface area contributed by atoms with Gasteiger partial charge in [0.25, 0.3) is 0 Å². The summed E-state index contributed by atoms with van der Waals surface area (Å²) >= 11 is 0. The van der Waals surface area contributed by atoms with E-state index in [9.17, 15) is 0 Å². The number of benzene rings is 1. The summed E-state index contributed by atoms with van der Waals surface area (Å²) in [7, 11) is 0. The van der Waals surface area contributed by atoms with Gasteiger partial charge in [-0.15, -0.1) is 0 Å². The molecule has 1 heterocycles. The van der Waals surface area contributed by atoms with Crippen LogP contribution in [0.1, 0.15) is 44.4 Å². The molecule has 1 aromatic carbocycles. The SMILES string of the molecule is CCc1ccc(OC(CC(C)(C)N)c2cccnc2)cc1. The first kappa shape index (κ1) is 15.5. The molecular weight excluding hydrogens is 260 g/mol. The van der Waals surface area contributed by atoms with Crippen molar-refractivity contribution in [2.45, 2.75) is 45.3 Å². The Morgan fingerprint density at radius 1 is 1.19 bits per heavy atom. The maximum Gasteiger partial charge on any atom is 0.127 e. The van der Waals surface area contributed by atoms with E-state index in [1.165, 1.54) is 5.56 Å². The molecule has 1 aromatic heterocycles. The molecule has 0 aliphatic heterocycles. The summed E-state index contributed by atoms with van der Waals surface area (Å²) in [5.74, 6) is 0.866. The molecule has 0 aliphatic carbocycles. The number of ether oxygens (including phenoxy) is 1. The first-order chi connectivity index (χ1) is 9.98. The average Bonchev–Trinajstić information content (AvgIpc) is 2.47. The average molecular weight is 284 g/mol. The van der Waals surface area contributed by atoms with Crippen LogP contribution in [-0.4, -0.2) is 10.5 Å². The number of aromatic nitrogens is 1. The zero-order valence-electron chi connectivity index (χ0n) is 13.0.